The molecule has 84 valence electrons. The summed E-state index contributed by atoms with van der Waals surface area (Å²) in [7, 11) is 0. The molecule has 3 N–H and O–H groups in total. The number of hydrogen-bond acceptors (Lipinski definition) is 5. The largest absolute Gasteiger partial charge is 0.397 e. The quantitative estimate of drug-likeness (QED) is 0.773. The molecule has 0 bridgehead atoms. The molecule has 0 atom stereocenters. The molecule has 0 saturated heterocycles. The van der Waals surface area contributed by atoms with E-state index in [4.69, 9.17) is 10.3 Å². The first kappa shape index (κ1) is 10.4. The lowest BCUT2D eigenvalue weighted by molar-refractivity contribution is 0.388. The lowest BCUT2D eigenvalue weighted by Crippen LogP contribution is -2.04. The van der Waals surface area contributed by atoms with Crippen molar-refractivity contribution in [2.45, 2.75) is 13.5 Å². The van der Waals surface area contributed by atoms with Crippen LogP contribution in [0.5, 0.6) is 0 Å². The van der Waals surface area contributed by atoms with E-state index in [1.165, 1.54) is 12.1 Å². The number of aryl methyl sites for hydroxylation is 1. The second kappa shape index (κ2) is 4.18. The number of nitrogens with one attached hydrogen (secondary N) is 1. The van der Waals surface area contributed by atoms with Crippen molar-refractivity contribution in [1.29, 1.82) is 0 Å². The number of hydrogen-bond donors (Lipinski definition) is 2. The topological polar surface area (TPSA) is 77.0 Å². The van der Waals surface area contributed by atoms with Crippen LogP contribution in [0.3, 0.4) is 0 Å². The molecule has 5 nitrogen and oxygen atoms in total. The van der Waals surface area contributed by atoms with Gasteiger partial charge in [-0.3, -0.25) is 0 Å². The van der Waals surface area contributed by atoms with Crippen LogP contribution in [0, 0.1) is 12.7 Å². The van der Waals surface area contributed by atoms with Crippen LogP contribution < -0.4 is 11.1 Å². The van der Waals surface area contributed by atoms with E-state index in [9.17, 15) is 4.39 Å². The fourth-order valence-corrected chi connectivity index (χ4v) is 1.28. The average Bonchev–Trinajstić information content (AvgIpc) is 2.63. The SMILES string of the molecule is Cc1nc(CNc2ccc(F)cc2N)no1. The van der Waals surface area contributed by atoms with E-state index >= 15 is 0 Å². The number of nitrogens with two attached hydrogens (primary N) is 1. The third-order valence-corrected chi connectivity index (χ3v) is 2.02. The third kappa shape index (κ3) is 2.28. The highest BCUT2D eigenvalue weighted by Crippen LogP contribution is 2.19. The molecule has 0 aliphatic heterocycles. The van der Waals surface area contributed by atoms with Crippen LogP contribution in [0.25, 0.3) is 0 Å². The normalized spacial score (nSPS) is 10.4. The molecule has 0 radical (unpaired) electrons. The summed E-state index contributed by atoms with van der Waals surface area (Å²) in [5.74, 6) is 0.670. The summed E-state index contributed by atoms with van der Waals surface area (Å²) in [5.41, 5.74) is 6.61. The summed E-state index contributed by atoms with van der Waals surface area (Å²) in [6, 6.07) is 4.15. The van der Waals surface area contributed by atoms with E-state index < -0.39 is 0 Å². The smallest absolute Gasteiger partial charge is 0.223 e. The number of nitrogens with zero attached hydrogens (tertiary/aromatic N) is 2. The van der Waals surface area contributed by atoms with Gasteiger partial charge in [0.1, 0.15) is 5.82 Å². The molecule has 6 heteroatoms. The van der Waals surface area contributed by atoms with Gasteiger partial charge in [0.05, 0.1) is 17.9 Å². The predicted octanol–water partition coefficient (Wildman–Crippen LogP) is 1.71. The predicted molar refractivity (Wildman–Crippen MR) is 57.2 cm³/mol. The van der Waals surface area contributed by atoms with E-state index in [-0.39, 0.29) is 5.82 Å². The summed E-state index contributed by atoms with van der Waals surface area (Å²) in [5, 5.41) is 6.71. The molecule has 1 heterocycles. The van der Waals surface area contributed by atoms with Crippen LogP contribution in [0.2, 0.25) is 0 Å². The van der Waals surface area contributed by atoms with E-state index in [2.05, 4.69) is 15.5 Å². The van der Waals surface area contributed by atoms with Crippen LogP contribution in [-0.4, -0.2) is 10.1 Å². The molecule has 0 unspecified atom stereocenters. The summed E-state index contributed by atoms with van der Waals surface area (Å²) in [6.45, 7) is 2.09. The van der Waals surface area contributed by atoms with Gasteiger partial charge < -0.3 is 15.6 Å². The van der Waals surface area contributed by atoms with Gasteiger partial charge in [0, 0.05) is 6.92 Å². The zero-order valence-electron chi connectivity index (χ0n) is 8.70. The zero-order chi connectivity index (χ0) is 11.5. The maximum Gasteiger partial charge on any atom is 0.223 e. The molecular weight excluding hydrogens is 211 g/mol. The lowest BCUT2D eigenvalue weighted by atomic mass is 10.2. The highest BCUT2D eigenvalue weighted by Gasteiger charge is 2.04. The molecule has 2 aromatic rings. The van der Waals surface area contributed by atoms with Crippen LogP contribution >= 0.6 is 0 Å². The number of benzene rings is 1. The fraction of sp³-hybridized carbons (Fsp3) is 0.200. The van der Waals surface area contributed by atoms with Gasteiger partial charge in [-0.2, -0.15) is 4.98 Å². The highest BCUT2D eigenvalue weighted by molar-refractivity contribution is 5.65. The number of nitrogen functional groups attached to an aromatic ring is 1. The van der Waals surface area contributed by atoms with Gasteiger partial charge in [-0.05, 0) is 18.2 Å². The number of rotatable bonds is 3. The van der Waals surface area contributed by atoms with Crippen molar-refractivity contribution in [3.05, 3.63) is 35.7 Å². The third-order valence-electron chi connectivity index (χ3n) is 2.02. The second-order valence-electron chi connectivity index (χ2n) is 3.31. The van der Waals surface area contributed by atoms with E-state index in [1.807, 2.05) is 0 Å². The van der Waals surface area contributed by atoms with Gasteiger partial charge in [0.2, 0.25) is 5.89 Å². The molecule has 0 fully saturated rings. The summed E-state index contributed by atoms with van der Waals surface area (Å²) in [6.07, 6.45) is 0. The van der Waals surface area contributed by atoms with Gasteiger partial charge in [-0.25, -0.2) is 4.39 Å². The van der Waals surface area contributed by atoms with Crippen LogP contribution in [0.15, 0.2) is 22.7 Å². The van der Waals surface area contributed by atoms with Crippen molar-refractivity contribution in [3.63, 3.8) is 0 Å². The fourth-order valence-electron chi connectivity index (χ4n) is 1.28. The Kier molecular flexibility index (Phi) is 2.72. The van der Waals surface area contributed by atoms with Crippen molar-refractivity contribution in [2.24, 2.45) is 0 Å². The Labute approximate surface area is 91.5 Å². The second-order valence-corrected chi connectivity index (χ2v) is 3.31. The Morgan fingerprint density at radius 2 is 2.31 bits per heavy atom. The number of halogens is 1. The van der Waals surface area contributed by atoms with E-state index in [0.29, 0.717) is 29.6 Å². The summed E-state index contributed by atoms with van der Waals surface area (Å²) in [4.78, 5) is 4.02. The molecule has 1 aromatic heterocycles. The Morgan fingerprint density at radius 1 is 1.50 bits per heavy atom. The van der Waals surface area contributed by atoms with Crippen LogP contribution in [-0.2, 0) is 6.54 Å². The minimum absolute atomic E-state index is 0.347. The standard InChI is InChI=1S/C10H11FN4O/c1-6-14-10(15-16-6)5-13-9-3-2-7(11)4-8(9)12/h2-4,13H,5,12H2,1H3. The minimum atomic E-state index is -0.363. The number of anilines is 2. The first-order chi connectivity index (χ1) is 7.65. The van der Waals surface area contributed by atoms with Gasteiger partial charge in [-0.15, -0.1) is 0 Å². The van der Waals surface area contributed by atoms with Gasteiger partial charge in [0.25, 0.3) is 0 Å². The maximum absolute atomic E-state index is 12.8. The molecule has 0 spiro atoms. The molecule has 2 rings (SSSR count). The number of aromatic nitrogens is 2. The Hall–Kier alpha value is -2.11. The van der Waals surface area contributed by atoms with Crippen molar-refractivity contribution in [1.82, 2.24) is 10.1 Å². The molecule has 16 heavy (non-hydrogen) atoms. The van der Waals surface area contributed by atoms with Gasteiger partial charge in [-0.1, -0.05) is 5.16 Å². The zero-order valence-corrected chi connectivity index (χ0v) is 8.70. The van der Waals surface area contributed by atoms with Crippen molar-refractivity contribution in [3.8, 4) is 0 Å². The van der Waals surface area contributed by atoms with Crippen molar-refractivity contribution >= 4 is 11.4 Å². The Morgan fingerprint density at radius 3 is 2.94 bits per heavy atom. The minimum Gasteiger partial charge on any atom is -0.397 e. The Balaban J connectivity index is 2.04. The van der Waals surface area contributed by atoms with E-state index in [1.54, 1.807) is 13.0 Å². The Bertz CT molecular complexity index is 497. The van der Waals surface area contributed by atoms with Crippen LogP contribution in [0.1, 0.15) is 11.7 Å². The van der Waals surface area contributed by atoms with Crippen molar-refractivity contribution in [2.75, 3.05) is 11.1 Å². The molecule has 0 saturated carbocycles. The molecule has 0 amide bonds. The molecule has 1 aromatic carbocycles. The van der Waals surface area contributed by atoms with Crippen LogP contribution in [0.4, 0.5) is 15.8 Å². The highest BCUT2D eigenvalue weighted by atomic mass is 19.1. The first-order valence-electron chi connectivity index (χ1n) is 4.73. The molecular formula is C10H11FN4O. The summed E-state index contributed by atoms with van der Waals surface area (Å²) < 4.78 is 17.6. The van der Waals surface area contributed by atoms with E-state index in [0.717, 1.165) is 0 Å². The molecule has 0 aliphatic carbocycles. The maximum atomic E-state index is 12.8. The van der Waals surface area contributed by atoms with Gasteiger partial charge in [0.15, 0.2) is 5.82 Å². The monoisotopic (exact) mass is 222 g/mol. The lowest BCUT2D eigenvalue weighted by Gasteiger charge is -2.06. The first-order valence-corrected chi connectivity index (χ1v) is 4.73. The average molecular weight is 222 g/mol. The summed E-state index contributed by atoms with van der Waals surface area (Å²) >= 11 is 0. The van der Waals surface area contributed by atoms with Gasteiger partial charge >= 0.3 is 0 Å². The molecule has 0 aliphatic rings. The van der Waals surface area contributed by atoms with Crippen molar-refractivity contribution < 1.29 is 8.91 Å².